The van der Waals surface area contributed by atoms with Crippen molar-refractivity contribution < 1.29 is 9.53 Å². The van der Waals surface area contributed by atoms with Crippen molar-refractivity contribution >= 4 is 17.2 Å². The third-order valence-corrected chi connectivity index (χ3v) is 2.25. The molecule has 1 heterocycles. The van der Waals surface area contributed by atoms with Gasteiger partial charge in [-0.25, -0.2) is 0 Å². The summed E-state index contributed by atoms with van der Waals surface area (Å²) in [5, 5.41) is 4.22. The molecular formula is C12H12NO2. The Morgan fingerprint density at radius 3 is 3.00 bits per heavy atom. The van der Waals surface area contributed by atoms with Crippen molar-refractivity contribution in [1.29, 1.82) is 0 Å². The normalized spacial score (nSPS) is 12.7. The molecular weight excluding hydrogens is 190 g/mol. The Hall–Kier alpha value is -1.77. The van der Waals surface area contributed by atoms with E-state index < -0.39 is 0 Å². The standard InChI is InChI=1S/C12H12NO2/c1-2-15-12(14)7-9-8-13-11-6-4-3-5-10(9)11/h3-6,8H,2,7H2,1H3. The van der Waals surface area contributed by atoms with Crippen LogP contribution in [0.5, 0.6) is 0 Å². The number of esters is 1. The highest BCUT2D eigenvalue weighted by molar-refractivity contribution is 5.90. The fourth-order valence-electron chi connectivity index (χ4n) is 1.58. The Labute approximate surface area is 88.8 Å². The Morgan fingerprint density at radius 2 is 2.20 bits per heavy atom. The Morgan fingerprint density at radius 1 is 1.40 bits per heavy atom. The van der Waals surface area contributed by atoms with Crippen LogP contribution in [-0.4, -0.2) is 12.6 Å². The zero-order valence-electron chi connectivity index (χ0n) is 8.56. The number of nitrogens with zero attached hydrogens (tertiary/aromatic N) is 1. The van der Waals surface area contributed by atoms with Gasteiger partial charge in [0.1, 0.15) is 0 Å². The first-order valence-electron chi connectivity index (χ1n) is 4.96. The van der Waals surface area contributed by atoms with E-state index in [0.29, 0.717) is 13.0 Å². The minimum Gasteiger partial charge on any atom is -0.466 e. The first kappa shape index (κ1) is 9.77. The van der Waals surface area contributed by atoms with E-state index in [1.54, 1.807) is 13.1 Å². The number of hydrogen-bond acceptors (Lipinski definition) is 2. The summed E-state index contributed by atoms with van der Waals surface area (Å²) in [6.45, 7) is 2.23. The molecule has 0 amide bonds. The van der Waals surface area contributed by atoms with Gasteiger partial charge >= 0.3 is 5.97 Å². The van der Waals surface area contributed by atoms with Crippen LogP contribution in [-0.2, 0) is 9.53 Å². The third kappa shape index (κ3) is 2.01. The van der Waals surface area contributed by atoms with Crippen LogP contribution in [0.25, 0.3) is 5.57 Å². The van der Waals surface area contributed by atoms with Gasteiger partial charge in [-0.05, 0) is 18.6 Å². The van der Waals surface area contributed by atoms with Gasteiger partial charge in [0, 0.05) is 11.8 Å². The highest BCUT2D eigenvalue weighted by Crippen LogP contribution is 2.31. The number of ether oxygens (including phenoxy) is 1. The summed E-state index contributed by atoms with van der Waals surface area (Å²) in [5.41, 5.74) is 2.89. The van der Waals surface area contributed by atoms with Crippen LogP contribution in [0.1, 0.15) is 18.9 Å². The second-order valence-electron chi connectivity index (χ2n) is 3.28. The number of fused-ring (bicyclic) bond motifs is 1. The van der Waals surface area contributed by atoms with Gasteiger partial charge < -0.3 is 4.74 Å². The summed E-state index contributed by atoms with van der Waals surface area (Å²) in [6, 6.07) is 7.78. The Balaban J connectivity index is 2.10. The molecule has 1 aromatic rings. The van der Waals surface area contributed by atoms with E-state index in [0.717, 1.165) is 16.8 Å². The highest BCUT2D eigenvalue weighted by Gasteiger charge is 2.17. The van der Waals surface area contributed by atoms with Gasteiger partial charge in [-0.15, -0.1) is 0 Å². The molecule has 1 aliphatic heterocycles. The summed E-state index contributed by atoms with van der Waals surface area (Å²) in [6.07, 6.45) is 2.04. The van der Waals surface area contributed by atoms with Crippen LogP contribution in [0, 0.1) is 0 Å². The highest BCUT2D eigenvalue weighted by atomic mass is 16.5. The fraction of sp³-hybridized carbons (Fsp3) is 0.250. The molecule has 0 unspecified atom stereocenters. The van der Waals surface area contributed by atoms with E-state index in [1.807, 2.05) is 24.3 Å². The average molecular weight is 202 g/mol. The van der Waals surface area contributed by atoms with Gasteiger partial charge in [0.15, 0.2) is 0 Å². The zero-order chi connectivity index (χ0) is 10.7. The molecule has 0 aliphatic carbocycles. The molecule has 2 rings (SSSR count). The average Bonchev–Trinajstić information content (AvgIpc) is 2.62. The van der Waals surface area contributed by atoms with Crippen molar-refractivity contribution in [2.45, 2.75) is 13.3 Å². The van der Waals surface area contributed by atoms with E-state index in [-0.39, 0.29) is 5.97 Å². The number of rotatable bonds is 3. The molecule has 3 nitrogen and oxygen atoms in total. The lowest BCUT2D eigenvalue weighted by Gasteiger charge is -2.03. The van der Waals surface area contributed by atoms with E-state index in [9.17, 15) is 4.79 Å². The van der Waals surface area contributed by atoms with Gasteiger partial charge in [0.05, 0.1) is 18.7 Å². The maximum atomic E-state index is 11.3. The summed E-state index contributed by atoms with van der Waals surface area (Å²) >= 11 is 0. The summed E-state index contributed by atoms with van der Waals surface area (Å²) < 4.78 is 4.90. The zero-order valence-corrected chi connectivity index (χ0v) is 8.56. The van der Waals surface area contributed by atoms with Crippen LogP contribution < -0.4 is 5.32 Å². The van der Waals surface area contributed by atoms with Crippen LogP contribution in [0.4, 0.5) is 5.69 Å². The minimum absolute atomic E-state index is 0.198. The second kappa shape index (κ2) is 4.17. The van der Waals surface area contributed by atoms with Gasteiger partial charge in [-0.3, -0.25) is 10.1 Å². The van der Waals surface area contributed by atoms with Crippen molar-refractivity contribution in [2.75, 3.05) is 6.61 Å². The number of carbonyl (C=O) groups is 1. The Bertz CT molecular complexity index is 410. The smallest absolute Gasteiger partial charge is 0.310 e. The monoisotopic (exact) mass is 202 g/mol. The van der Waals surface area contributed by atoms with Crippen LogP contribution in [0.15, 0.2) is 30.5 Å². The van der Waals surface area contributed by atoms with Gasteiger partial charge in [0.2, 0.25) is 0 Å². The van der Waals surface area contributed by atoms with Crippen molar-refractivity contribution in [3.8, 4) is 0 Å². The maximum absolute atomic E-state index is 11.3. The third-order valence-electron chi connectivity index (χ3n) is 2.25. The molecule has 15 heavy (non-hydrogen) atoms. The molecule has 0 atom stereocenters. The van der Waals surface area contributed by atoms with Crippen LogP contribution in [0.3, 0.4) is 0 Å². The predicted molar refractivity (Wildman–Crippen MR) is 57.5 cm³/mol. The number of benzene rings is 1. The summed E-state index contributed by atoms with van der Waals surface area (Å²) in [5.74, 6) is -0.198. The molecule has 0 fully saturated rings. The molecule has 1 aliphatic rings. The molecule has 1 radical (unpaired) electrons. The van der Waals surface area contributed by atoms with Crippen molar-refractivity contribution in [1.82, 2.24) is 5.32 Å². The largest absolute Gasteiger partial charge is 0.466 e. The van der Waals surface area contributed by atoms with E-state index >= 15 is 0 Å². The molecule has 0 aromatic heterocycles. The lowest BCUT2D eigenvalue weighted by Crippen LogP contribution is -2.03. The fourth-order valence-corrected chi connectivity index (χ4v) is 1.58. The molecule has 77 valence electrons. The lowest BCUT2D eigenvalue weighted by molar-refractivity contribution is -0.141. The van der Waals surface area contributed by atoms with E-state index in [1.165, 1.54) is 0 Å². The van der Waals surface area contributed by atoms with Gasteiger partial charge in [-0.2, -0.15) is 0 Å². The maximum Gasteiger partial charge on any atom is 0.310 e. The minimum atomic E-state index is -0.198. The molecule has 3 heteroatoms. The molecule has 0 saturated carbocycles. The molecule has 1 aromatic carbocycles. The summed E-state index contributed by atoms with van der Waals surface area (Å²) in [4.78, 5) is 11.3. The topological polar surface area (TPSA) is 40.4 Å². The number of para-hydroxylation sites is 1. The van der Waals surface area contributed by atoms with E-state index in [2.05, 4.69) is 5.32 Å². The number of carbonyl (C=O) groups excluding carboxylic acids is 1. The van der Waals surface area contributed by atoms with Crippen LogP contribution in [0.2, 0.25) is 0 Å². The molecule has 0 bridgehead atoms. The summed E-state index contributed by atoms with van der Waals surface area (Å²) in [7, 11) is 0. The van der Waals surface area contributed by atoms with Crippen molar-refractivity contribution in [2.24, 2.45) is 0 Å². The molecule has 0 spiro atoms. The van der Waals surface area contributed by atoms with E-state index in [4.69, 9.17) is 4.74 Å². The first-order chi connectivity index (χ1) is 7.31. The van der Waals surface area contributed by atoms with Crippen molar-refractivity contribution in [3.05, 3.63) is 36.0 Å². The second-order valence-corrected chi connectivity index (χ2v) is 3.28. The predicted octanol–water partition coefficient (Wildman–Crippen LogP) is 2.23. The van der Waals surface area contributed by atoms with Gasteiger partial charge in [-0.1, -0.05) is 18.2 Å². The van der Waals surface area contributed by atoms with Crippen molar-refractivity contribution in [3.63, 3.8) is 0 Å². The first-order valence-corrected chi connectivity index (χ1v) is 4.96. The lowest BCUT2D eigenvalue weighted by atomic mass is 10.1. The Kier molecular flexibility index (Phi) is 2.72. The SMILES string of the molecule is CCOC(=O)CC1=C[N]c2ccccc21. The number of hydrogen-bond donors (Lipinski definition) is 0. The van der Waals surface area contributed by atoms with Gasteiger partial charge in [0.25, 0.3) is 0 Å². The van der Waals surface area contributed by atoms with Crippen LogP contribution >= 0.6 is 0 Å². The quantitative estimate of drug-likeness (QED) is 0.705. The molecule has 0 saturated heterocycles. The molecule has 0 N–H and O–H groups in total.